The normalized spacial score (nSPS) is 12.4. The van der Waals surface area contributed by atoms with Crippen molar-refractivity contribution in [3.8, 4) is 0 Å². The fraction of sp³-hybridized carbons (Fsp3) is 0.556. The van der Waals surface area contributed by atoms with Gasteiger partial charge in [-0.25, -0.2) is 4.98 Å². The van der Waals surface area contributed by atoms with Gasteiger partial charge in [0.25, 0.3) is 0 Å². The largest absolute Gasteiger partial charge is 0.396 e. The highest BCUT2D eigenvalue weighted by molar-refractivity contribution is 6.28. The minimum atomic E-state index is -0.0664. The molecule has 0 saturated heterocycles. The first-order valence-corrected chi connectivity index (χ1v) is 5.19. The highest BCUT2D eigenvalue weighted by Gasteiger charge is 2.11. The van der Waals surface area contributed by atoms with Crippen LogP contribution >= 0.6 is 11.6 Å². The summed E-state index contributed by atoms with van der Waals surface area (Å²) < 4.78 is 5.01. The van der Waals surface area contributed by atoms with Crippen molar-refractivity contribution in [2.75, 3.05) is 31.4 Å². The summed E-state index contributed by atoms with van der Waals surface area (Å²) in [5.74, 6) is 0.454. The average molecular weight is 247 g/mol. The molecule has 1 heterocycles. The summed E-state index contributed by atoms with van der Waals surface area (Å²) in [6.07, 6.45) is 1.97. The van der Waals surface area contributed by atoms with E-state index >= 15 is 0 Å². The maximum Gasteiger partial charge on any atom is 0.224 e. The molecule has 0 aliphatic rings. The van der Waals surface area contributed by atoms with Gasteiger partial charge in [0.1, 0.15) is 0 Å². The summed E-state index contributed by atoms with van der Waals surface area (Å²) in [5.41, 5.74) is 6.09. The van der Waals surface area contributed by atoms with E-state index in [0.29, 0.717) is 24.5 Å². The van der Waals surface area contributed by atoms with Gasteiger partial charge in [0.15, 0.2) is 5.82 Å². The molecule has 0 aliphatic carbocycles. The van der Waals surface area contributed by atoms with Crippen LogP contribution in [0.4, 0.5) is 11.5 Å². The standard InChI is InChI=1S/C9H15ClN4O2/c1-16-5-6(2-3-15)13-8-7(11)4-12-9(10)14-8/h4,6,15H,2-3,5,11H2,1H3,(H,12,13,14). The van der Waals surface area contributed by atoms with E-state index in [0.717, 1.165) is 0 Å². The number of nitrogen functional groups attached to an aromatic ring is 1. The van der Waals surface area contributed by atoms with Crippen molar-refractivity contribution < 1.29 is 9.84 Å². The van der Waals surface area contributed by atoms with Crippen LogP contribution in [0.25, 0.3) is 0 Å². The predicted molar refractivity (Wildman–Crippen MR) is 62.4 cm³/mol. The molecule has 1 atom stereocenters. The van der Waals surface area contributed by atoms with Gasteiger partial charge in [-0.3, -0.25) is 0 Å². The summed E-state index contributed by atoms with van der Waals surface area (Å²) in [4.78, 5) is 7.71. The fourth-order valence-corrected chi connectivity index (χ4v) is 1.37. The highest BCUT2D eigenvalue weighted by Crippen LogP contribution is 2.17. The second-order valence-electron chi connectivity index (χ2n) is 3.25. The van der Waals surface area contributed by atoms with Crippen molar-refractivity contribution in [1.82, 2.24) is 9.97 Å². The third kappa shape index (κ3) is 3.80. The van der Waals surface area contributed by atoms with Gasteiger partial charge in [-0.2, -0.15) is 4.98 Å². The first kappa shape index (κ1) is 13.0. The van der Waals surface area contributed by atoms with Gasteiger partial charge in [-0.15, -0.1) is 0 Å². The quantitative estimate of drug-likeness (QED) is 0.634. The summed E-state index contributed by atoms with van der Waals surface area (Å²) >= 11 is 5.66. The number of aliphatic hydroxyl groups is 1. The third-order valence-electron chi connectivity index (χ3n) is 1.97. The zero-order valence-electron chi connectivity index (χ0n) is 8.98. The average Bonchev–Trinajstić information content (AvgIpc) is 2.24. The lowest BCUT2D eigenvalue weighted by molar-refractivity contribution is 0.170. The topological polar surface area (TPSA) is 93.3 Å². The summed E-state index contributed by atoms with van der Waals surface area (Å²) in [6.45, 7) is 0.501. The molecule has 0 aliphatic heterocycles. The van der Waals surface area contributed by atoms with E-state index in [1.54, 1.807) is 7.11 Å². The van der Waals surface area contributed by atoms with Gasteiger partial charge in [0.05, 0.1) is 24.5 Å². The third-order valence-corrected chi connectivity index (χ3v) is 2.16. The van der Waals surface area contributed by atoms with Gasteiger partial charge in [-0.05, 0) is 18.0 Å². The van der Waals surface area contributed by atoms with Crippen molar-refractivity contribution in [3.05, 3.63) is 11.5 Å². The molecule has 0 saturated carbocycles. The Morgan fingerprint density at radius 1 is 1.69 bits per heavy atom. The maximum absolute atomic E-state index is 8.88. The second-order valence-corrected chi connectivity index (χ2v) is 3.59. The van der Waals surface area contributed by atoms with Crippen LogP contribution in [0.5, 0.6) is 0 Å². The van der Waals surface area contributed by atoms with Crippen LogP contribution in [0.15, 0.2) is 6.20 Å². The molecule has 0 spiro atoms. The van der Waals surface area contributed by atoms with E-state index in [4.69, 9.17) is 27.2 Å². The summed E-state index contributed by atoms with van der Waals surface area (Å²) in [7, 11) is 1.59. The van der Waals surface area contributed by atoms with Crippen LogP contribution in [-0.4, -0.2) is 41.4 Å². The summed E-state index contributed by atoms with van der Waals surface area (Å²) in [5, 5.41) is 12.0. The number of ether oxygens (including phenoxy) is 1. The van der Waals surface area contributed by atoms with Crippen molar-refractivity contribution in [2.24, 2.45) is 0 Å². The zero-order valence-corrected chi connectivity index (χ0v) is 9.74. The van der Waals surface area contributed by atoms with Crippen molar-refractivity contribution in [1.29, 1.82) is 0 Å². The molecule has 7 heteroatoms. The van der Waals surface area contributed by atoms with E-state index in [-0.39, 0.29) is 17.9 Å². The predicted octanol–water partition coefficient (Wildman–Crippen LogP) is 0.522. The summed E-state index contributed by atoms with van der Waals surface area (Å²) in [6, 6.07) is -0.0664. The Morgan fingerprint density at radius 3 is 3.06 bits per heavy atom. The molecule has 0 aromatic carbocycles. The van der Waals surface area contributed by atoms with Crippen molar-refractivity contribution >= 4 is 23.1 Å². The number of aliphatic hydroxyl groups excluding tert-OH is 1. The molecule has 90 valence electrons. The van der Waals surface area contributed by atoms with E-state index in [1.165, 1.54) is 6.20 Å². The number of hydrogen-bond donors (Lipinski definition) is 3. The number of aromatic nitrogens is 2. The van der Waals surface area contributed by atoms with Gasteiger partial charge in [0, 0.05) is 13.7 Å². The molecule has 0 bridgehead atoms. The second kappa shape index (κ2) is 6.47. The van der Waals surface area contributed by atoms with Gasteiger partial charge in [-0.1, -0.05) is 0 Å². The van der Waals surface area contributed by atoms with Crippen molar-refractivity contribution in [2.45, 2.75) is 12.5 Å². The number of halogens is 1. The number of methoxy groups -OCH3 is 1. The van der Waals surface area contributed by atoms with E-state index < -0.39 is 0 Å². The number of nitrogens with two attached hydrogens (primary N) is 1. The van der Waals surface area contributed by atoms with E-state index in [9.17, 15) is 0 Å². The molecule has 6 nitrogen and oxygen atoms in total. The fourth-order valence-electron chi connectivity index (χ4n) is 1.23. The lowest BCUT2D eigenvalue weighted by Crippen LogP contribution is -2.27. The Labute approximate surface area is 98.8 Å². The Kier molecular flexibility index (Phi) is 5.24. The molecule has 1 aromatic rings. The lowest BCUT2D eigenvalue weighted by Gasteiger charge is -2.18. The van der Waals surface area contributed by atoms with Gasteiger partial charge >= 0.3 is 0 Å². The lowest BCUT2D eigenvalue weighted by atomic mass is 10.2. The Balaban J connectivity index is 2.71. The molecular formula is C9H15ClN4O2. The molecule has 1 unspecified atom stereocenters. The minimum absolute atomic E-state index is 0.0553. The SMILES string of the molecule is COCC(CCO)Nc1nc(Cl)ncc1N. The highest BCUT2D eigenvalue weighted by atomic mass is 35.5. The van der Waals surface area contributed by atoms with E-state index in [2.05, 4.69) is 15.3 Å². The van der Waals surface area contributed by atoms with Crippen molar-refractivity contribution in [3.63, 3.8) is 0 Å². The Bertz CT molecular complexity index is 331. The Morgan fingerprint density at radius 2 is 2.44 bits per heavy atom. The number of rotatable bonds is 6. The molecule has 1 rings (SSSR count). The molecule has 0 fully saturated rings. The number of nitrogens with one attached hydrogen (secondary N) is 1. The van der Waals surface area contributed by atoms with Gasteiger partial charge < -0.3 is 20.9 Å². The van der Waals surface area contributed by atoms with Crippen LogP contribution in [0.3, 0.4) is 0 Å². The first-order valence-electron chi connectivity index (χ1n) is 4.81. The van der Waals surface area contributed by atoms with E-state index in [1.807, 2.05) is 0 Å². The van der Waals surface area contributed by atoms with Crippen LogP contribution in [0, 0.1) is 0 Å². The first-order chi connectivity index (χ1) is 7.67. The Hall–Kier alpha value is -1.11. The van der Waals surface area contributed by atoms with Crippen LogP contribution in [-0.2, 0) is 4.74 Å². The number of nitrogens with zero attached hydrogens (tertiary/aromatic N) is 2. The number of hydrogen-bond acceptors (Lipinski definition) is 6. The molecule has 4 N–H and O–H groups in total. The molecule has 1 aromatic heterocycles. The van der Waals surface area contributed by atoms with Crippen LogP contribution in [0.1, 0.15) is 6.42 Å². The molecule has 0 radical (unpaired) electrons. The molecule has 0 amide bonds. The molecular weight excluding hydrogens is 232 g/mol. The van der Waals surface area contributed by atoms with Crippen LogP contribution in [0.2, 0.25) is 5.28 Å². The smallest absolute Gasteiger partial charge is 0.224 e. The minimum Gasteiger partial charge on any atom is -0.396 e. The monoisotopic (exact) mass is 246 g/mol. The molecule has 16 heavy (non-hydrogen) atoms. The zero-order chi connectivity index (χ0) is 12.0. The maximum atomic E-state index is 8.88. The van der Waals surface area contributed by atoms with Gasteiger partial charge in [0.2, 0.25) is 5.28 Å². The van der Waals surface area contributed by atoms with Crippen LogP contribution < -0.4 is 11.1 Å². The number of anilines is 2.